The van der Waals surface area contributed by atoms with Crippen molar-refractivity contribution in [3.63, 3.8) is 0 Å². The van der Waals surface area contributed by atoms with Crippen LogP contribution in [0.1, 0.15) is 29.7 Å². The Hall–Kier alpha value is -1.95. The van der Waals surface area contributed by atoms with Crippen LogP contribution in [0.3, 0.4) is 0 Å². The first-order valence-electron chi connectivity index (χ1n) is 6.13. The smallest absolute Gasteiger partial charge is 0.249 e. The van der Waals surface area contributed by atoms with E-state index in [0.717, 1.165) is 29.2 Å². The fourth-order valence-electron chi connectivity index (χ4n) is 1.61. The number of anilines is 1. The van der Waals surface area contributed by atoms with Gasteiger partial charge in [-0.2, -0.15) is 5.10 Å². The first kappa shape index (κ1) is 13.5. The summed E-state index contributed by atoms with van der Waals surface area (Å²) in [5, 5.41) is 12.5. The predicted molar refractivity (Wildman–Crippen MR) is 77.1 cm³/mol. The monoisotopic (exact) mass is 276 g/mol. The maximum atomic E-state index is 11.7. The lowest BCUT2D eigenvalue weighted by molar-refractivity contribution is -0.111. The number of hydrogen-bond donors (Lipinski definition) is 2. The molecular formula is C13H16N4OS. The quantitative estimate of drug-likeness (QED) is 0.825. The van der Waals surface area contributed by atoms with Crippen LogP contribution in [0.15, 0.2) is 17.5 Å². The number of nitrogens with one attached hydrogen (secondary N) is 2. The van der Waals surface area contributed by atoms with Crippen molar-refractivity contribution < 1.29 is 4.79 Å². The number of aromatic amines is 1. The van der Waals surface area contributed by atoms with E-state index in [1.807, 2.05) is 18.4 Å². The Morgan fingerprint density at radius 1 is 1.58 bits per heavy atom. The highest BCUT2D eigenvalue weighted by molar-refractivity contribution is 7.09. The Labute approximate surface area is 115 Å². The highest BCUT2D eigenvalue weighted by Crippen LogP contribution is 2.10. The van der Waals surface area contributed by atoms with E-state index < -0.39 is 0 Å². The topological polar surface area (TPSA) is 70.7 Å². The van der Waals surface area contributed by atoms with Gasteiger partial charge in [-0.15, -0.1) is 11.3 Å². The Kier molecular flexibility index (Phi) is 4.46. The fourth-order valence-corrected chi connectivity index (χ4v) is 2.19. The molecule has 19 heavy (non-hydrogen) atoms. The van der Waals surface area contributed by atoms with E-state index >= 15 is 0 Å². The molecule has 0 aliphatic heterocycles. The second-order valence-corrected chi connectivity index (χ2v) is 5.20. The van der Waals surface area contributed by atoms with E-state index in [2.05, 4.69) is 27.4 Å². The summed E-state index contributed by atoms with van der Waals surface area (Å²) in [4.78, 5) is 15.9. The minimum absolute atomic E-state index is 0.208. The molecule has 0 aliphatic rings. The van der Waals surface area contributed by atoms with Crippen LogP contribution in [0.25, 0.3) is 6.08 Å². The molecular weight excluding hydrogens is 260 g/mol. The van der Waals surface area contributed by atoms with Crippen molar-refractivity contribution in [2.24, 2.45) is 0 Å². The molecule has 0 atom stereocenters. The average molecular weight is 276 g/mol. The molecule has 0 saturated heterocycles. The number of carbonyl (C=O) groups is 1. The fraction of sp³-hybridized carbons (Fsp3) is 0.308. The number of rotatable bonds is 5. The molecule has 2 aromatic rings. The molecule has 5 nitrogen and oxygen atoms in total. The summed E-state index contributed by atoms with van der Waals surface area (Å²) in [5.41, 5.74) is 1.82. The van der Waals surface area contributed by atoms with Crippen LogP contribution >= 0.6 is 11.3 Å². The zero-order valence-electron chi connectivity index (χ0n) is 10.9. The molecule has 0 bridgehead atoms. The van der Waals surface area contributed by atoms with E-state index in [1.165, 1.54) is 6.08 Å². The van der Waals surface area contributed by atoms with Gasteiger partial charge in [0, 0.05) is 23.2 Å². The lowest BCUT2D eigenvalue weighted by Crippen LogP contribution is -2.07. The summed E-state index contributed by atoms with van der Waals surface area (Å²) in [6, 6.07) is 1.85. The summed E-state index contributed by atoms with van der Waals surface area (Å²) < 4.78 is 0. The van der Waals surface area contributed by atoms with Gasteiger partial charge in [-0.05, 0) is 19.4 Å². The average Bonchev–Trinajstić information content (AvgIpc) is 2.97. The second-order valence-electron chi connectivity index (χ2n) is 4.14. The van der Waals surface area contributed by atoms with Gasteiger partial charge < -0.3 is 5.32 Å². The molecule has 0 saturated carbocycles. The van der Waals surface area contributed by atoms with Crippen molar-refractivity contribution in [2.75, 3.05) is 5.32 Å². The third-order valence-electron chi connectivity index (χ3n) is 2.44. The minimum atomic E-state index is -0.208. The van der Waals surface area contributed by atoms with Crippen molar-refractivity contribution in [3.05, 3.63) is 33.9 Å². The molecule has 2 rings (SSSR count). The maximum Gasteiger partial charge on any atom is 0.249 e. The third kappa shape index (κ3) is 4.03. The highest BCUT2D eigenvalue weighted by Gasteiger charge is 2.03. The van der Waals surface area contributed by atoms with Gasteiger partial charge in [-0.3, -0.25) is 9.89 Å². The lowest BCUT2D eigenvalue weighted by Gasteiger charge is -1.94. The van der Waals surface area contributed by atoms with Crippen molar-refractivity contribution >= 4 is 29.1 Å². The van der Waals surface area contributed by atoms with E-state index in [9.17, 15) is 4.79 Å². The van der Waals surface area contributed by atoms with Gasteiger partial charge in [0.1, 0.15) is 0 Å². The van der Waals surface area contributed by atoms with Crippen molar-refractivity contribution in [2.45, 2.75) is 26.7 Å². The summed E-state index contributed by atoms with van der Waals surface area (Å²) >= 11 is 1.56. The number of amides is 1. The predicted octanol–water partition coefficient (Wildman–Crippen LogP) is 2.78. The van der Waals surface area contributed by atoms with Gasteiger partial charge in [0.25, 0.3) is 0 Å². The SMILES string of the molecule is CCCc1cc(NC(=O)/C=C/c2csc(C)n2)n[nH]1. The second kappa shape index (κ2) is 6.29. The number of carbonyl (C=O) groups excluding carboxylic acids is 1. The molecule has 0 radical (unpaired) electrons. The third-order valence-corrected chi connectivity index (χ3v) is 3.24. The summed E-state index contributed by atoms with van der Waals surface area (Å²) in [7, 11) is 0. The molecule has 2 N–H and O–H groups in total. The highest BCUT2D eigenvalue weighted by atomic mass is 32.1. The standard InChI is InChI=1S/C13H16N4OS/c1-3-4-10-7-12(17-16-10)15-13(18)6-5-11-8-19-9(2)14-11/h5-8H,3-4H2,1-2H3,(H2,15,16,17,18)/b6-5+. The van der Waals surface area contributed by atoms with Crippen LogP contribution in [0.2, 0.25) is 0 Å². The molecule has 0 unspecified atom stereocenters. The van der Waals surface area contributed by atoms with E-state index in [1.54, 1.807) is 17.4 Å². The number of hydrogen-bond acceptors (Lipinski definition) is 4. The van der Waals surface area contributed by atoms with E-state index in [4.69, 9.17) is 0 Å². The van der Waals surface area contributed by atoms with Crippen LogP contribution in [0.4, 0.5) is 5.82 Å². The molecule has 100 valence electrons. The molecule has 1 amide bonds. The summed E-state index contributed by atoms with van der Waals surface area (Å²) in [6.07, 6.45) is 5.12. The molecule has 2 aromatic heterocycles. The molecule has 6 heteroatoms. The Morgan fingerprint density at radius 2 is 2.42 bits per heavy atom. The van der Waals surface area contributed by atoms with Crippen LogP contribution in [0.5, 0.6) is 0 Å². The molecule has 2 heterocycles. The number of thiazole rings is 1. The van der Waals surface area contributed by atoms with Gasteiger partial charge in [0.05, 0.1) is 10.7 Å². The first-order valence-corrected chi connectivity index (χ1v) is 7.01. The molecule has 0 aromatic carbocycles. The van der Waals surface area contributed by atoms with Crippen LogP contribution in [-0.2, 0) is 11.2 Å². The molecule has 0 fully saturated rings. The number of aromatic nitrogens is 3. The van der Waals surface area contributed by atoms with Crippen molar-refractivity contribution in [1.29, 1.82) is 0 Å². The van der Waals surface area contributed by atoms with Gasteiger partial charge >= 0.3 is 0 Å². The van der Waals surface area contributed by atoms with E-state index in [0.29, 0.717) is 5.82 Å². The Balaban J connectivity index is 1.91. The minimum Gasteiger partial charge on any atom is -0.306 e. The number of aryl methyl sites for hydroxylation is 2. The zero-order chi connectivity index (χ0) is 13.7. The Bertz CT molecular complexity index is 585. The van der Waals surface area contributed by atoms with Crippen LogP contribution in [0, 0.1) is 6.92 Å². The molecule has 0 aliphatic carbocycles. The van der Waals surface area contributed by atoms with Crippen LogP contribution < -0.4 is 5.32 Å². The van der Waals surface area contributed by atoms with Crippen molar-refractivity contribution in [1.82, 2.24) is 15.2 Å². The summed E-state index contributed by atoms with van der Waals surface area (Å²) in [5.74, 6) is 0.341. The lowest BCUT2D eigenvalue weighted by atomic mass is 10.2. The zero-order valence-corrected chi connectivity index (χ0v) is 11.8. The van der Waals surface area contributed by atoms with Crippen molar-refractivity contribution in [3.8, 4) is 0 Å². The van der Waals surface area contributed by atoms with E-state index in [-0.39, 0.29) is 5.91 Å². The van der Waals surface area contributed by atoms with Gasteiger partial charge in [0.2, 0.25) is 5.91 Å². The number of H-pyrrole nitrogens is 1. The normalized spacial score (nSPS) is 11.1. The van der Waals surface area contributed by atoms with Gasteiger partial charge in [-0.1, -0.05) is 13.3 Å². The van der Waals surface area contributed by atoms with Gasteiger partial charge in [0.15, 0.2) is 5.82 Å². The van der Waals surface area contributed by atoms with Crippen LogP contribution in [-0.4, -0.2) is 21.1 Å². The summed E-state index contributed by atoms with van der Waals surface area (Å²) in [6.45, 7) is 4.03. The number of nitrogens with zero attached hydrogens (tertiary/aromatic N) is 2. The first-order chi connectivity index (χ1) is 9.17. The molecule has 0 spiro atoms. The Morgan fingerprint density at radius 3 is 3.11 bits per heavy atom. The maximum absolute atomic E-state index is 11.7. The largest absolute Gasteiger partial charge is 0.306 e. The van der Waals surface area contributed by atoms with Gasteiger partial charge in [-0.25, -0.2) is 4.98 Å².